The van der Waals surface area contributed by atoms with E-state index in [2.05, 4.69) is 6.07 Å². The first-order valence-electron chi connectivity index (χ1n) is 7.74. The first kappa shape index (κ1) is 19.2. The number of thiophene rings is 1. The van der Waals surface area contributed by atoms with E-state index >= 15 is 0 Å². The molecule has 0 unspecified atom stereocenters. The predicted octanol–water partition coefficient (Wildman–Crippen LogP) is 4.13. The van der Waals surface area contributed by atoms with Crippen molar-refractivity contribution in [1.29, 1.82) is 10.7 Å². The van der Waals surface area contributed by atoms with Crippen molar-refractivity contribution in [3.8, 4) is 17.2 Å². The number of benzene rings is 2. The van der Waals surface area contributed by atoms with Gasteiger partial charge in [0.05, 0.1) is 30.5 Å². The van der Waals surface area contributed by atoms with Crippen LogP contribution in [0.5, 0.6) is 0 Å². The summed E-state index contributed by atoms with van der Waals surface area (Å²) in [5, 5.41) is 16.5. The van der Waals surface area contributed by atoms with Crippen LogP contribution in [0.3, 0.4) is 0 Å². The Morgan fingerprint density at radius 2 is 1.85 bits per heavy atom. The topological polar surface area (TPSA) is 108 Å². The highest BCUT2D eigenvalue weighted by Crippen LogP contribution is 2.37. The van der Waals surface area contributed by atoms with E-state index in [0.29, 0.717) is 14.6 Å². The molecule has 0 aliphatic heterocycles. The van der Waals surface area contributed by atoms with Gasteiger partial charge in [0.2, 0.25) is 9.84 Å². The van der Waals surface area contributed by atoms with E-state index in [1.807, 2.05) is 6.07 Å². The normalized spacial score (nSPS) is 11.1. The molecule has 0 aliphatic carbocycles. The van der Waals surface area contributed by atoms with Gasteiger partial charge >= 0.3 is 0 Å². The molecule has 0 spiro atoms. The molecule has 2 aromatic carbocycles. The summed E-state index contributed by atoms with van der Waals surface area (Å²) in [6.07, 6.45) is 1.79. The average Bonchev–Trinajstić information content (AvgIpc) is 3.14. The fourth-order valence-corrected chi connectivity index (χ4v) is 6.43. The van der Waals surface area contributed by atoms with Gasteiger partial charge in [-0.15, -0.1) is 23.1 Å². The second kappa shape index (κ2) is 7.56. The van der Waals surface area contributed by atoms with Crippen LogP contribution in [-0.2, 0) is 9.84 Å². The molecule has 3 aromatic rings. The Hall–Kier alpha value is -2.60. The highest BCUT2D eigenvalue weighted by atomic mass is 32.2. The SMILES string of the molecule is CSc1sc(C(=N)N)cc1S(=O)(=O)c1cccc(-c2ccc(C#N)cc2)c1. The molecular weight excluding hydrogens is 398 g/mol. The van der Waals surface area contributed by atoms with Crippen molar-refractivity contribution in [2.75, 3.05) is 6.26 Å². The van der Waals surface area contributed by atoms with Crippen LogP contribution in [0, 0.1) is 16.7 Å². The Labute approximate surface area is 165 Å². The first-order chi connectivity index (χ1) is 12.9. The molecule has 1 heterocycles. The third-order valence-corrected chi connectivity index (χ3v) is 8.24. The molecule has 0 radical (unpaired) electrons. The van der Waals surface area contributed by atoms with Crippen molar-refractivity contribution in [3.63, 3.8) is 0 Å². The number of thioether (sulfide) groups is 1. The number of rotatable bonds is 5. The largest absolute Gasteiger partial charge is 0.383 e. The molecule has 0 saturated carbocycles. The van der Waals surface area contributed by atoms with Gasteiger partial charge < -0.3 is 5.73 Å². The van der Waals surface area contributed by atoms with Crippen LogP contribution >= 0.6 is 23.1 Å². The minimum absolute atomic E-state index is 0.150. The van der Waals surface area contributed by atoms with Crippen LogP contribution in [0.1, 0.15) is 10.4 Å². The molecule has 0 aliphatic rings. The summed E-state index contributed by atoms with van der Waals surface area (Å²) >= 11 is 2.51. The second-order valence-corrected chi connectivity index (χ2v) is 9.65. The predicted molar refractivity (Wildman–Crippen MR) is 109 cm³/mol. The summed E-state index contributed by atoms with van der Waals surface area (Å²) in [5.74, 6) is -0.150. The lowest BCUT2D eigenvalue weighted by Gasteiger charge is -2.08. The smallest absolute Gasteiger partial charge is 0.208 e. The van der Waals surface area contributed by atoms with E-state index in [1.165, 1.54) is 29.2 Å². The molecule has 0 fully saturated rings. The van der Waals surface area contributed by atoms with Crippen molar-refractivity contribution in [2.24, 2.45) is 5.73 Å². The lowest BCUT2D eigenvalue weighted by Crippen LogP contribution is -2.08. The quantitative estimate of drug-likeness (QED) is 0.371. The molecule has 136 valence electrons. The van der Waals surface area contributed by atoms with Gasteiger partial charge in [-0.2, -0.15) is 5.26 Å². The zero-order chi connectivity index (χ0) is 19.6. The molecule has 0 amide bonds. The van der Waals surface area contributed by atoms with Crippen molar-refractivity contribution in [3.05, 3.63) is 65.0 Å². The number of nitrogens with zero attached hydrogens (tertiary/aromatic N) is 1. The van der Waals surface area contributed by atoms with Gasteiger partial charge in [-0.25, -0.2) is 8.42 Å². The Balaban J connectivity index is 2.08. The van der Waals surface area contributed by atoms with Crippen LogP contribution in [0.2, 0.25) is 0 Å². The van der Waals surface area contributed by atoms with Gasteiger partial charge in [-0.05, 0) is 47.7 Å². The van der Waals surface area contributed by atoms with Crippen LogP contribution in [-0.4, -0.2) is 20.5 Å². The number of nitrogens with one attached hydrogen (secondary N) is 1. The third kappa shape index (κ3) is 3.76. The number of sulfone groups is 1. The van der Waals surface area contributed by atoms with E-state index in [4.69, 9.17) is 16.4 Å². The highest BCUT2D eigenvalue weighted by molar-refractivity contribution is 8.01. The van der Waals surface area contributed by atoms with Crippen molar-refractivity contribution in [2.45, 2.75) is 14.0 Å². The zero-order valence-corrected chi connectivity index (χ0v) is 16.7. The number of amidine groups is 1. The van der Waals surface area contributed by atoms with E-state index in [9.17, 15) is 8.42 Å². The third-order valence-electron chi connectivity index (χ3n) is 3.90. The maximum atomic E-state index is 13.2. The molecule has 0 bridgehead atoms. The summed E-state index contributed by atoms with van der Waals surface area (Å²) in [5.41, 5.74) is 7.64. The molecule has 3 N–H and O–H groups in total. The monoisotopic (exact) mass is 413 g/mol. The number of nitrogen functional groups attached to an aromatic ring is 1. The Bertz CT molecular complexity index is 1160. The number of hydrogen-bond donors (Lipinski definition) is 2. The fraction of sp³-hybridized carbons (Fsp3) is 0.0526. The first-order valence-corrected chi connectivity index (χ1v) is 11.3. The number of hydrogen-bond acceptors (Lipinski definition) is 6. The van der Waals surface area contributed by atoms with Gasteiger partial charge in [0.25, 0.3) is 0 Å². The van der Waals surface area contributed by atoms with E-state index < -0.39 is 9.84 Å². The van der Waals surface area contributed by atoms with Crippen LogP contribution < -0.4 is 5.73 Å². The van der Waals surface area contributed by atoms with Crippen LogP contribution in [0.25, 0.3) is 11.1 Å². The average molecular weight is 414 g/mol. The van der Waals surface area contributed by atoms with Crippen molar-refractivity contribution >= 4 is 38.8 Å². The molecule has 1 aromatic heterocycles. The van der Waals surface area contributed by atoms with Gasteiger partial charge in [0.1, 0.15) is 5.84 Å². The number of nitrogens with two attached hydrogens (primary N) is 1. The van der Waals surface area contributed by atoms with Gasteiger partial charge in [0, 0.05) is 0 Å². The fourth-order valence-electron chi connectivity index (χ4n) is 2.53. The number of nitriles is 1. The summed E-state index contributed by atoms with van der Waals surface area (Å²) in [6.45, 7) is 0. The highest BCUT2D eigenvalue weighted by Gasteiger charge is 2.25. The minimum atomic E-state index is -3.75. The van der Waals surface area contributed by atoms with Gasteiger partial charge in [-0.3, -0.25) is 5.41 Å². The molecular formula is C19H15N3O2S3. The summed E-state index contributed by atoms with van der Waals surface area (Å²) in [7, 11) is -3.75. The molecule has 8 heteroatoms. The van der Waals surface area contributed by atoms with Crippen LogP contribution in [0.15, 0.2) is 68.6 Å². The van der Waals surface area contributed by atoms with Crippen LogP contribution in [0.4, 0.5) is 0 Å². The summed E-state index contributed by atoms with van der Waals surface area (Å²) in [6, 6.07) is 17.2. The second-order valence-electron chi connectivity index (χ2n) is 5.60. The lowest BCUT2D eigenvalue weighted by atomic mass is 10.0. The van der Waals surface area contributed by atoms with E-state index in [0.717, 1.165) is 11.1 Å². The summed E-state index contributed by atoms with van der Waals surface area (Å²) < 4.78 is 26.9. The zero-order valence-electron chi connectivity index (χ0n) is 14.3. The molecule has 0 saturated heterocycles. The minimum Gasteiger partial charge on any atom is -0.383 e. The molecule has 27 heavy (non-hydrogen) atoms. The summed E-state index contributed by atoms with van der Waals surface area (Å²) in [4.78, 5) is 0.774. The Kier molecular flexibility index (Phi) is 5.37. The Morgan fingerprint density at radius 3 is 2.44 bits per heavy atom. The molecule has 0 atom stereocenters. The maximum Gasteiger partial charge on any atom is 0.208 e. The maximum absolute atomic E-state index is 13.2. The van der Waals surface area contributed by atoms with Gasteiger partial charge in [0.15, 0.2) is 0 Å². The van der Waals surface area contributed by atoms with Gasteiger partial charge in [-0.1, -0.05) is 24.3 Å². The lowest BCUT2D eigenvalue weighted by molar-refractivity contribution is 0.595. The Morgan fingerprint density at radius 1 is 1.15 bits per heavy atom. The van der Waals surface area contributed by atoms with Crippen molar-refractivity contribution < 1.29 is 8.42 Å². The van der Waals surface area contributed by atoms with E-state index in [1.54, 1.807) is 48.7 Å². The standard InChI is InChI=1S/C19H15N3O2S3/c1-25-19-17(10-16(26-19)18(21)22)27(23,24)15-4-2-3-14(9-15)13-7-5-12(11-20)6-8-13/h2-10H,1H3,(H3,21,22). The van der Waals surface area contributed by atoms with Crippen molar-refractivity contribution in [1.82, 2.24) is 0 Å². The molecule has 3 rings (SSSR count). The van der Waals surface area contributed by atoms with E-state index in [-0.39, 0.29) is 15.6 Å². The molecule has 5 nitrogen and oxygen atoms in total.